The van der Waals surface area contributed by atoms with E-state index in [-0.39, 0.29) is 17.1 Å². The van der Waals surface area contributed by atoms with Crippen molar-refractivity contribution in [3.05, 3.63) is 88.1 Å². The van der Waals surface area contributed by atoms with Gasteiger partial charge in [-0.1, -0.05) is 42.1 Å². The molecule has 0 radical (unpaired) electrons. The molecular formula is C22H18FN5O4S. The Labute approximate surface area is 191 Å². The molecule has 9 nitrogen and oxygen atoms in total. The van der Waals surface area contributed by atoms with E-state index in [4.69, 9.17) is 4.42 Å². The minimum Gasteiger partial charge on any atom is -0.469 e. The number of nitrogens with zero attached hydrogens (tertiary/aromatic N) is 4. The van der Waals surface area contributed by atoms with Crippen LogP contribution in [-0.2, 0) is 11.3 Å². The zero-order valence-electron chi connectivity index (χ0n) is 17.4. The summed E-state index contributed by atoms with van der Waals surface area (Å²) in [5, 5.41) is 22.3. The van der Waals surface area contributed by atoms with Gasteiger partial charge in [-0.15, -0.1) is 10.2 Å². The first-order valence-corrected chi connectivity index (χ1v) is 10.8. The fraction of sp³-hybridized carbons (Fsp3) is 0.136. The van der Waals surface area contributed by atoms with E-state index in [1.54, 1.807) is 12.3 Å². The number of nitro groups is 1. The Morgan fingerprint density at radius 2 is 2.00 bits per heavy atom. The Balaban J connectivity index is 1.54. The quantitative estimate of drug-likeness (QED) is 0.227. The lowest BCUT2D eigenvalue weighted by Gasteiger charge is -2.10. The van der Waals surface area contributed by atoms with Crippen molar-refractivity contribution in [1.29, 1.82) is 0 Å². The van der Waals surface area contributed by atoms with Crippen LogP contribution in [-0.4, -0.2) is 31.3 Å². The summed E-state index contributed by atoms with van der Waals surface area (Å²) in [6, 6.07) is 14.5. The summed E-state index contributed by atoms with van der Waals surface area (Å²) in [7, 11) is 0. The van der Waals surface area contributed by atoms with Crippen LogP contribution in [0.4, 0.5) is 15.8 Å². The molecule has 0 saturated carbocycles. The fourth-order valence-electron chi connectivity index (χ4n) is 3.16. The van der Waals surface area contributed by atoms with Gasteiger partial charge in [0.1, 0.15) is 11.6 Å². The van der Waals surface area contributed by atoms with Crippen LogP contribution in [0.3, 0.4) is 0 Å². The number of thioether (sulfide) groups is 1. The van der Waals surface area contributed by atoms with Crippen LogP contribution in [0.2, 0.25) is 0 Å². The first-order chi connectivity index (χ1) is 15.9. The molecule has 0 aliphatic rings. The smallest absolute Gasteiger partial charge is 0.271 e. The number of nitrogens with one attached hydrogen (secondary N) is 1. The molecule has 33 heavy (non-hydrogen) atoms. The predicted octanol–water partition coefficient (Wildman–Crippen LogP) is 4.67. The molecule has 2 heterocycles. The topological polar surface area (TPSA) is 116 Å². The SMILES string of the molecule is Cc1occc1-c1nnc(SCC(=O)Nc2cc([N+](=O)[O-])ccc2F)n1Cc1ccccc1. The molecule has 0 aliphatic heterocycles. The van der Waals surface area contributed by atoms with E-state index >= 15 is 0 Å². The number of aromatic nitrogens is 3. The molecule has 0 fully saturated rings. The minimum atomic E-state index is -0.760. The van der Waals surface area contributed by atoms with Crippen LogP contribution in [0.25, 0.3) is 11.4 Å². The average Bonchev–Trinajstić information content (AvgIpc) is 3.40. The number of rotatable bonds is 8. The molecule has 2 aromatic heterocycles. The van der Waals surface area contributed by atoms with E-state index in [1.165, 1.54) is 0 Å². The number of hydrogen-bond donors (Lipinski definition) is 1. The molecule has 4 rings (SSSR count). The summed E-state index contributed by atoms with van der Waals surface area (Å²) in [5.41, 5.74) is 1.23. The van der Waals surface area contributed by atoms with Gasteiger partial charge in [0.2, 0.25) is 5.91 Å². The molecule has 11 heteroatoms. The third-order valence-corrected chi connectivity index (χ3v) is 5.73. The average molecular weight is 467 g/mol. The minimum absolute atomic E-state index is 0.0978. The van der Waals surface area contributed by atoms with E-state index < -0.39 is 16.6 Å². The molecule has 1 amide bonds. The summed E-state index contributed by atoms with van der Waals surface area (Å²) < 4.78 is 21.3. The second-order valence-corrected chi connectivity index (χ2v) is 7.97. The Hall–Kier alpha value is -3.99. The van der Waals surface area contributed by atoms with Crippen LogP contribution in [0.1, 0.15) is 11.3 Å². The highest BCUT2D eigenvalue weighted by Gasteiger charge is 2.19. The number of furan rings is 1. The zero-order valence-corrected chi connectivity index (χ0v) is 18.2. The molecule has 0 atom stereocenters. The van der Waals surface area contributed by atoms with Gasteiger partial charge >= 0.3 is 0 Å². The van der Waals surface area contributed by atoms with Crippen molar-refractivity contribution < 1.29 is 18.5 Å². The summed E-state index contributed by atoms with van der Waals surface area (Å²) in [4.78, 5) is 22.7. The lowest BCUT2D eigenvalue weighted by Crippen LogP contribution is -2.16. The second-order valence-electron chi connectivity index (χ2n) is 7.03. The first kappa shape index (κ1) is 22.2. The van der Waals surface area contributed by atoms with E-state index in [0.29, 0.717) is 23.3 Å². The summed E-state index contributed by atoms with van der Waals surface area (Å²) in [6.07, 6.45) is 1.57. The number of halogens is 1. The van der Waals surface area contributed by atoms with Crippen LogP contribution >= 0.6 is 11.8 Å². The van der Waals surface area contributed by atoms with Crippen LogP contribution in [0, 0.1) is 22.9 Å². The van der Waals surface area contributed by atoms with Crippen molar-refractivity contribution in [3.8, 4) is 11.4 Å². The number of carbonyl (C=O) groups excluding carboxylic acids is 1. The van der Waals surface area contributed by atoms with Gasteiger partial charge in [-0.3, -0.25) is 19.5 Å². The summed E-state index contributed by atoms with van der Waals surface area (Å²) in [6.45, 7) is 2.29. The molecule has 4 aromatic rings. The number of carbonyl (C=O) groups is 1. The number of hydrogen-bond acceptors (Lipinski definition) is 7. The van der Waals surface area contributed by atoms with Gasteiger partial charge in [0.05, 0.1) is 34.7 Å². The number of aryl methyl sites for hydroxylation is 1. The van der Waals surface area contributed by atoms with E-state index in [2.05, 4.69) is 15.5 Å². The maximum absolute atomic E-state index is 14.0. The molecule has 0 bridgehead atoms. The van der Waals surface area contributed by atoms with Gasteiger partial charge < -0.3 is 9.73 Å². The maximum atomic E-state index is 14.0. The highest BCUT2D eigenvalue weighted by Crippen LogP contribution is 2.28. The Bertz CT molecular complexity index is 1310. The first-order valence-electron chi connectivity index (χ1n) is 9.80. The summed E-state index contributed by atoms with van der Waals surface area (Å²) in [5.74, 6) is -0.108. The van der Waals surface area contributed by atoms with Crippen molar-refractivity contribution in [2.24, 2.45) is 0 Å². The van der Waals surface area contributed by atoms with Crippen molar-refractivity contribution in [2.45, 2.75) is 18.6 Å². The zero-order chi connectivity index (χ0) is 23.4. The third-order valence-electron chi connectivity index (χ3n) is 4.77. The molecule has 2 aromatic carbocycles. The molecule has 0 unspecified atom stereocenters. The number of amides is 1. The Morgan fingerprint density at radius 3 is 2.70 bits per heavy atom. The normalized spacial score (nSPS) is 10.8. The molecule has 0 spiro atoms. The Morgan fingerprint density at radius 1 is 1.21 bits per heavy atom. The van der Waals surface area contributed by atoms with E-state index in [1.807, 2.05) is 41.8 Å². The van der Waals surface area contributed by atoms with Gasteiger partial charge in [0.15, 0.2) is 11.0 Å². The number of anilines is 1. The predicted molar refractivity (Wildman–Crippen MR) is 120 cm³/mol. The Kier molecular flexibility index (Phi) is 6.50. The van der Waals surface area contributed by atoms with Crippen molar-refractivity contribution >= 4 is 29.0 Å². The lowest BCUT2D eigenvalue weighted by molar-refractivity contribution is -0.384. The van der Waals surface area contributed by atoms with Gasteiger partial charge in [-0.2, -0.15) is 0 Å². The van der Waals surface area contributed by atoms with Gasteiger partial charge in [-0.25, -0.2) is 4.39 Å². The van der Waals surface area contributed by atoms with Crippen LogP contribution in [0.15, 0.2) is 70.4 Å². The molecule has 1 N–H and O–H groups in total. The van der Waals surface area contributed by atoms with Crippen LogP contribution in [0.5, 0.6) is 0 Å². The highest BCUT2D eigenvalue weighted by molar-refractivity contribution is 7.99. The van der Waals surface area contributed by atoms with Gasteiger partial charge in [0.25, 0.3) is 5.69 Å². The third kappa shape index (κ3) is 5.09. The number of nitro benzene ring substituents is 1. The number of benzene rings is 2. The van der Waals surface area contributed by atoms with Crippen LogP contribution < -0.4 is 5.32 Å². The highest BCUT2D eigenvalue weighted by atomic mass is 32.2. The lowest BCUT2D eigenvalue weighted by atomic mass is 10.2. The van der Waals surface area contributed by atoms with Gasteiger partial charge in [-0.05, 0) is 24.6 Å². The fourth-order valence-corrected chi connectivity index (χ4v) is 3.90. The van der Waals surface area contributed by atoms with Crippen molar-refractivity contribution in [1.82, 2.24) is 14.8 Å². The van der Waals surface area contributed by atoms with Crippen molar-refractivity contribution in [3.63, 3.8) is 0 Å². The number of non-ortho nitro benzene ring substituents is 1. The second kappa shape index (κ2) is 9.65. The summed E-state index contributed by atoms with van der Waals surface area (Å²) >= 11 is 1.12. The molecular weight excluding hydrogens is 449 g/mol. The largest absolute Gasteiger partial charge is 0.469 e. The van der Waals surface area contributed by atoms with Crippen molar-refractivity contribution in [2.75, 3.05) is 11.1 Å². The van der Waals surface area contributed by atoms with E-state index in [9.17, 15) is 19.3 Å². The molecule has 168 valence electrons. The molecule has 0 aliphatic carbocycles. The standard InChI is InChI=1S/C22H18FN5O4S/c1-14-17(9-10-32-14)21-25-26-22(27(21)12-15-5-3-2-4-6-15)33-13-20(29)24-19-11-16(28(30)31)7-8-18(19)23/h2-11H,12-13H2,1H3,(H,24,29). The van der Waals surface area contributed by atoms with E-state index in [0.717, 1.165) is 41.1 Å². The maximum Gasteiger partial charge on any atom is 0.271 e. The van der Waals surface area contributed by atoms with Gasteiger partial charge in [0, 0.05) is 12.1 Å². The molecule has 0 saturated heterocycles. The monoisotopic (exact) mass is 467 g/mol.